The summed E-state index contributed by atoms with van der Waals surface area (Å²) >= 11 is 0. The SMILES string of the molecule is C[C@@H]1CN(C(=O)CN2CCNCC2=O)CCN1. The molecular formula is C11H20N4O2. The van der Waals surface area contributed by atoms with Gasteiger partial charge in [-0.2, -0.15) is 0 Å². The van der Waals surface area contributed by atoms with Crippen LogP contribution in [0.4, 0.5) is 0 Å². The molecule has 2 aliphatic rings. The Bertz CT molecular complexity index is 308. The summed E-state index contributed by atoms with van der Waals surface area (Å²) < 4.78 is 0. The number of hydrogen-bond acceptors (Lipinski definition) is 4. The molecule has 17 heavy (non-hydrogen) atoms. The van der Waals surface area contributed by atoms with Crippen LogP contribution in [0.5, 0.6) is 0 Å². The number of carbonyl (C=O) groups is 2. The standard InChI is InChI=1S/C11H20N4O2/c1-9-7-14(5-3-13-9)11(17)8-15-4-2-12-6-10(15)16/h9,12-13H,2-8H2,1H3/t9-/m1/s1. The quantitative estimate of drug-likeness (QED) is 0.600. The summed E-state index contributed by atoms with van der Waals surface area (Å²) in [5.74, 6) is 0.0846. The molecule has 0 saturated carbocycles. The minimum atomic E-state index is 0.0211. The molecule has 2 N–H and O–H groups in total. The molecule has 0 aromatic heterocycles. The van der Waals surface area contributed by atoms with Crippen molar-refractivity contribution >= 4 is 11.8 Å². The van der Waals surface area contributed by atoms with E-state index in [1.54, 1.807) is 4.90 Å². The summed E-state index contributed by atoms with van der Waals surface area (Å²) in [4.78, 5) is 27.1. The third-order valence-electron chi connectivity index (χ3n) is 3.24. The molecule has 2 amide bonds. The number of amides is 2. The molecule has 2 aliphatic heterocycles. The molecule has 0 radical (unpaired) electrons. The van der Waals surface area contributed by atoms with Gasteiger partial charge in [0, 0.05) is 38.8 Å². The Morgan fingerprint density at radius 2 is 2.24 bits per heavy atom. The average molecular weight is 240 g/mol. The van der Waals surface area contributed by atoms with Crippen LogP contribution in [-0.4, -0.2) is 73.5 Å². The summed E-state index contributed by atoms with van der Waals surface area (Å²) in [6.45, 7) is 6.36. The van der Waals surface area contributed by atoms with Gasteiger partial charge in [-0.25, -0.2) is 0 Å². The molecule has 0 unspecified atom stereocenters. The molecule has 96 valence electrons. The van der Waals surface area contributed by atoms with Crippen LogP contribution in [0.1, 0.15) is 6.92 Å². The van der Waals surface area contributed by atoms with Crippen molar-refractivity contribution in [1.82, 2.24) is 20.4 Å². The van der Waals surface area contributed by atoms with Crippen LogP contribution in [-0.2, 0) is 9.59 Å². The molecule has 0 bridgehead atoms. The van der Waals surface area contributed by atoms with E-state index in [2.05, 4.69) is 17.6 Å². The molecule has 2 heterocycles. The molecular weight excluding hydrogens is 220 g/mol. The summed E-state index contributed by atoms with van der Waals surface area (Å²) in [6, 6.07) is 0.339. The van der Waals surface area contributed by atoms with Gasteiger partial charge in [0.1, 0.15) is 0 Å². The van der Waals surface area contributed by atoms with Crippen molar-refractivity contribution in [3.05, 3.63) is 0 Å². The lowest BCUT2D eigenvalue weighted by Crippen LogP contribution is -2.56. The zero-order chi connectivity index (χ0) is 12.3. The fourth-order valence-electron chi connectivity index (χ4n) is 2.24. The lowest BCUT2D eigenvalue weighted by atomic mass is 10.2. The van der Waals surface area contributed by atoms with E-state index in [0.29, 0.717) is 19.1 Å². The van der Waals surface area contributed by atoms with E-state index in [-0.39, 0.29) is 18.4 Å². The Morgan fingerprint density at radius 3 is 2.94 bits per heavy atom. The first-order chi connectivity index (χ1) is 8.16. The minimum Gasteiger partial charge on any atom is -0.338 e. The molecule has 1 atom stereocenters. The monoisotopic (exact) mass is 240 g/mol. The number of hydrogen-bond donors (Lipinski definition) is 2. The van der Waals surface area contributed by atoms with Crippen LogP contribution in [0.2, 0.25) is 0 Å². The van der Waals surface area contributed by atoms with Crippen molar-refractivity contribution in [2.45, 2.75) is 13.0 Å². The Labute approximate surface area is 101 Å². The van der Waals surface area contributed by atoms with Gasteiger partial charge in [0.2, 0.25) is 11.8 Å². The van der Waals surface area contributed by atoms with Gasteiger partial charge in [-0.15, -0.1) is 0 Å². The molecule has 2 fully saturated rings. The second-order valence-electron chi connectivity index (χ2n) is 4.69. The van der Waals surface area contributed by atoms with Crippen LogP contribution >= 0.6 is 0 Å². The van der Waals surface area contributed by atoms with Crippen molar-refractivity contribution in [2.75, 3.05) is 45.8 Å². The third-order valence-corrected chi connectivity index (χ3v) is 3.24. The molecule has 6 heteroatoms. The van der Waals surface area contributed by atoms with E-state index in [1.165, 1.54) is 0 Å². The van der Waals surface area contributed by atoms with Crippen molar-refractivity contribution < 1.29 is 9.59 Å². The van der Waals surface area contributed by atoms with Gasteiger partial charge in [-0.1, -0.05) is 0 Å². The van der Waals surface area contributed by atoms with Gasteiger partial charge >= 0.3 is 0 Å². The maximum absolute atomic E-state index is 12.0. The van der Waals surface area contributed by atoms with Gasteiger partial charge in [0.05, 0.1) is 13.1 Å². The second-order valence-corrected chi connectivity index (χ2v) is 4.69. The number of piperazine rings is 2. The summed E-state index contributed by atoms with van der Waals surface area (Å²) in [6.07, 6.45) is 0. The number of nitrogens with one attached hydrogen (secondary N) is 2. The van der Waals surface area contributed by atoms with Gasteiger partial charge in [0.25, 0.3) is 0 Å². The minimum absolute atomic E-state index is 0.0211. The summed E-state index contributed by atoms with van der Waals surface area (Å²) in [5.41, 5.74) is 0. The Hall–Kier alpha value is -1.14. The molecule has 2 saturated heterocycles. The predicted octanol–water partition coefficient (Wildman–Crippen LogP) is -1.76. The predicted molar refractivity (Wildman–Crippen MR) is 63.5 cm³/mol. The van der Waals surface area contributed by atoms with Crippen LogP contribution in [0.3, 0.4) is 0 Å². The first-order valence-corrected chi connectivity index (χ1v) is 6.16. The van der Waals surface area contributed by atoms with E-state index in [0.717, 1.165) is 26.2 Å². The van der Waals surface area contributed by atoms with E-state index in [9.17, 15) is 9.59 Å². The van der Waals surface area contributed by atoms with Crippen molar-refractivity contribution in [3.8, 4) is 0 Å². The van der Waals surface area contributed by atoms with E-state index >= 15 is 0 Å². The van der Waals surface area contributed by atoms with Crippen molar-refractivity contribution in [1.29, 1.82) is 0 Å². The second kappa shape index (κ2) is 5.46. The first kappa shape index (κ1) is 12.3. The highest BCUT2D eigenvalue weighted by molar-refractivity contribution is 5.86. The van der Waals surface area contributed by atoms with E-state index < -0.39 is 0 Å². The van der Waals surface area contributed by atoms with Crippen LogP contribution < -0.4 is 10.6 Å². The Kier molecular flexibility index (Phi) is 3.96. The third kappa shape index (κ3) is 3.17. The number of rotatable bonds is 2. The molecule has 0 aromatic carbocycles. The van der Waals surface area contributed by atoms with Crippen LogP contribution in [0, 0.1) is 0 Å². The summed E-state index contributed by atoms with van der Waals surface area (Å²) in [7, 11) is 0. The van der Waals surface area contributed by atoms with Gasteiger partial charge in [0.15, 0.2) is 0 Å². The van der Waals surface area contributed by atoms with Gasteiger partial charge in [-0.3, -0.25) is 9.59 Å². The molecule has 0 spiro atoms. The highest BCUT2D eigenvalue weighted by Crippen LogP contribution is 2.02. The molecule has 2 rings (SSSR count). The highest BCUT2D eigenvalue weighted by atomic mass is 16.2. The van der Waals surface area contributed by atoms with Crippen molar-refractivity contribution in [3.63, 3.8) is 0 Å². The molecule has 0 aliphatic carbocycles. The highest BCUT2D eigenvalue weighted by Gasteiger charge is 2.25. The topological polar surface area (TPSA) is 64.7 Å². The van der Waals surface area contributed by atoms with E-state index in [1.807, 2.05) is 4.90 Å². The maximum Gasteiger partial charge on any atom is 0.242 e. The zero-order valence-electron chi connectivity index (χ0n) is 10.2. The first-order valence-electron chi connectivity index (χ1n) is 6.16. The van der Waals surface area contributed by atoms with Crippen molar-refractivity contribution in [2.24, 2.45) is 0 Å². The fraction of sp³-hybridized carbons (Fsp3) is 0.818. The average Bonchev–Trinajstić information content (AvgIpc) is 2.32. The van der Waals surface area contributed by atoms with Gasteiger partial charge in [-0.05, 0) is 6.92 Å². The zero-order valence-corrected chi connectivity index (χ0v) is 10.2. The fourth-order valence-corrected chi connectivity index (χ4v) is 2.24. The number of carbonyl (C=O) groups excluding carboxylic acids is 2. The lowest BCUT2D eigenvalue weighted by Gasteiger charge is -2.34. The number of nitrogens with zero attached hydrogens (tertiary/aromatic N) is 2. The van der Waals surface area contributed by atoms with E-state index in [4.69, 9.17) is 0 Å². The smallest absolute Gasteiger partial charge is 0.242 e. The normalized spacial score (nSPS) is 26.2. The lowest BCUT2D eigenvalue weighted by molar-refractivity contribution is -0.141. The Balaban J connectivity index is 1.85. The summed E-state index contributed by atoms with van der Waals surface area (Å²) in [5, 5.41) is 6.29. The largest absolute Gasteiger partial charge is 0.338 e. The molecule has 0 aromatic rings. The van der Waals surface area contributed by atoms with Crippen LogP contribution in [0.15, 0.2) is 0 Å². The Morgan fingerprint density at radius 1 is 1.41 bits per heavy atom. The van der Waals surface area contributed by atoms with Crippen LogP contribution in [0.25, 0.3) is 0 Å². The maximum atomic E-state index is 12.0. The molecule has 6 nitrogen and oxygen atoms in total. The van der Waals surface area contributed by atoms with Gasteiger partial charge < -0.3 is 20.4 Å².